The number of alkyl halides is 3. The van der Waals surface area contributed by atoms with Crippen LogP contribution >= 0.6 is 0 Å². The number of ketones is 1. The Morgan fingerprint density at radius 1 is 1.06 bits per heavy atom. The number of fused-ring (bicyclic) bond motifs is 1. The number of aliphatic imine (C=N–C) groups is 1. The highest BCUT2D eigenvalue weighted by atomic mass is 19.4. The van der Waals surface area contributed by atoms with Crippen molar-refractivity contribution in [3.05, 3.63) is 76.5 Å². The number of amides is 2. The summed E-state index contributed by atoms with van der Waals surface area (Å²) in [5.41, 5.74) is -0.230. The van der Waals surface area contributed by atoms with Gasteiger partial charge in [0.15, 0.2) is 11.9 Å². The molecule has 7 nitrogen and oxygen atoms in total. The second kappa shape index (κ2) is 8.86. The summed E-state index contributed by atoms with van der Waals surface area (Å²) in [5.74, 6) is -1.56. The standard InChI is InChI=1S/C24H19F3N2O5/c1-13-20(30)21(31)14(11-28-13)8-9-29-22(32)17-7-6-16(10-18(17)23(29)33)34-12-15-4-2-3-5-19(15)24(25,26)27/h2-7,10-11,20,30H,8-9,12H2,1H3. The summed E-state index contributed by atoms with van der Waals surface area (Å²) in [5, 5.41) is 9.83. The van der Waals surface area contributed by atoms with Gasteiger partial charge in [0.1, 0.15) is 12.4 Å². The van der Waals surface area contributed by atoms with Crippen LogP contribution in [-0.2, 0) is 17.6 Å². The van der Waals surface area contributed by atoms with E-state index in [9.17, 15) is 32.7 Å². The molecule has 1 atom stereocenters. The number of aliphatic hydroxyl groups excluding tert-OH is 1. The molecule has 0 aliphatic carbocycles. The number of benzene rings is 2. The molecule has 1 unspecified atom stereocenters. The molecule has 0 saturated carbocycles. The lowest BCUT2D eigenvalue weighted by molar-refractivity contribution is -0.138. The molecule has 0 bridgehead atoms. The minimum absolute atomic E-state index is 0.0235. The van der Waals surface area contributed by atoms with Gasteiger partial charge in [-0.05, 0) is 37.6 Å². The molecule has 2 aromatic rings. The Bertz CT molecular complexity index is 1250. The third kappa shape index (κ3) is 4.36. The van der Waals surface area contributed by atoms with Crippen LogP contribution in [0.5, 0.6) is 5.75 Å². The quantitative estimate of drug-likeness (QED) is 0.649. The Hall–Kier alpha value is -3.79. The molecule has 4 rings (SSSR count). The summed E-state index contributed by atoms with van der Waals surface area (Å²) < 4.78 is 45.0. The van der Waals surface area contributed by atoms with Gasteiger partial charge in [-0.15, -0.1) is 0 Å². The molecular weight excluding hydrogens is 453 g/mol. The van der Waals surface area contributed by atoms with Crippen molar-refractivity contribution in [3.8, 4) is 5.75 Å². The van der Waals surface area contributed by atoms with E-state index < -0.39 is 35.4 Å². The normalized spacial score (nSPS) is 18.1. The predicted octanol–water partition coefficient (Wildman–Crippen LogP) is 3.56. The lowest BCUT2D eigenvalue weighted by Crippen LogP contribution is -2.35. The number of halogens is 3. The van der Waals surface area contributed by atoms with Crippen LogP contribution in [0.1, 0.15) is 45.2 Å². The molecule has 1 N–H and O–H groups in total. The fraction of sp³-hybridized carbons (Fsp3) is 0.250. The lowest BCUT2D eigenvalue weighted by Gasteiger charge is -2.18. The van der Waals surface area contributed by atoms with Crippen LogP contribution in [0.15, 0.2) is 59.2 Å². The minimum Gasteiger partial charge on any atom is -0.489 e. The maximum atomic E-state index is 13.2. The highest BCUT2D eigenvalue weighted by molar-refractivity contribution is 6.21. The molecule has 0 saturated heterocycles. The van der Waals surface area contributed by atoms with Crippen molar-refractivity contribution in [2.24, 2.45) is 4.99 Å². The van der Waals surface area contributed by atoms with Crippen LogP contribution in [0.3, 0.4) is 0 Å². The minimum atomic E-state index is -4.53. The zero-order valence-electron chi connectivity index (χ0n) is 17.9. The molecule has 0 aromatic heterocycles. The summed E-state index contributed by atoms with van der Waals surface area (Å²) in [7, 11) is 0. The molecule has 2 aromatic carbocycles. The molecule has 2 heterocycles. The maximum Gasteiger partial charge on any atom is 0.416 e. The molecule has 2 aliphatic heterocycles. The van der Waals surface area contributed by atoms with Crippen molar-refractivity contribution in [3.63, 3.8) is 0 Å². The number of Topliss-reactive ketones (excluding diaryl/α,β-unsaturated/α-hetero) is 1. The SMILES string of the molecule is CC1=NC=C(CCN2C(=O)c3ccc(OCc4ccccc4C(F)(F)F)cc3C2=O)C(=O)C1O. The van der Waals surface area contributed by atoms with Gasteiger partial charge in [-0.3, -0.25) is 24.3 Å². The largest absolute Gasteiger partial charge is 0.489 e. The average Bonchev–Trinajstić information content (AvgIpc) is 3.04. The summed E-state index contributed by atoms with van der Waals surface area (Å²) in [6.07, 6.45) is -4.54. The van der Waals surface area contributed by atoms with E-state index in [0.717, 1.165) is 11.0 Å². The summed E-state index contributed by atoms with van der Waals surface area (Å²) >= 11 is 0. The van der Waals surface area contributed by atoms with Gasteiger partial charge in [0.2, 0.25) is 0 Å². The molecule has 2 amide bonds. The number of carbonyl (C=O) groups excluding carboxylic acids is 3. The second-order valence-electron chi connectivity index (χ2n) is 7.85. The van der Waals surface area contributed by atoms with E-state index in [1.807, 2.05) is 0 Å². The van der Waals surface area contributed by atoms with Gasteiger partial charge in [-0.1, -0.05) is 18.2 Å². The van der Waals surface area contributed by atoms with Crippen molar-refractivity contribution < 1.29 is 37.4 Å². The van der Waals surface area contributed by atoms with Crippen molar-refractivity contribution in [1.82, 2.24) is 4.90 Å². The van der Waals surface area contributed by atoms with E-state index in [-0.39, 0.29) is 53.3 Å². The Labute approximate surface area is 192 Å². The van der Waals surface area contributed by atoms with Crippen LogP contribution in [0, 0.1) is 0 Å². The van der Waals surface area contributed by atoms with Gasteiger partial charge < -0.3 is 9.84 Å². The van der Waals surface area contributed by atoms with Gasteiger partial charge in [0, 0.05) is 23.9 Å². The highest BCUT2D eigenvalue weighted by Crippen LogP contribution is 2.33. The Morgan fingerprint density at radius 3 is 2.50 bits per heavy atom. The number of hydrogen-bond donors (Lipinski definition) is 1. The summed E-state index contributed by atoms with van der Waals surface area (Å²) in [6, 6.07) is 9.11. The van der Waals surface area contributed by atoms with Crippen molar-refractivity contribution in [2.45, 2.75) is 32.2 Å². The monoisotopic (exact) mass is 472 g/mol. The maximum absolute atomic E-state index is 13.2. The molecule has 2 aliphatic rings. The van der Waals surface area contributed by atoms with Gasteiger partial charge in [0.05, 0.1) is 22.4 Å². The fourth-order valence-corrected chi connectivity index (χ4v) is 3.75. The second-order valence-corrected chi connectivity index (χ2v) is 7.85. The molecule has 176 valence electrons. The van der Waals surface area contributed by atoms with E-state index in [0.29, 0.717) is 0 Å². The van der Waals surface area contributed by atoms with E-state index in [1.165, 1.54) is 49.5 Å². The van der Waals surface area contributed by atoms with E-state index in [1.54, 1.807) is 0 Å². The number of carbonyl (C=O) groups is 3. The van der Waals surface area contributed by atoms with Crippen LogP contribution < -0.4 is 4.74 Å². The summed E-state index contributed by atoms with van der Waals surface area (Å²) in [6.45, 7) is 1.04. The van der Waals surface area contributed by atoms with Gasteiger partial charge in [-0.25, -0.2) is 0 Å². The molecule has 0 fully saturated rings. The molecule has 0 radical (unpaired) electrons. The number of imide groups is 1. The number of aliphatic hydroxyl groups is 1. The van der Waals surface area contributed by atoms with E-state index >= 15 is 0 Å². The average molecular weight is 472 g/mol. The lowest BCUT2D eigenvalue weighted by atomic mass is 9.99. The Morgan fingerprint density at radius 2 is 1.76 bits per heavy atom. The molecule has 0 spiro atoms. The first-order valence-corrected chi connectivity index (χ1v) is 10.3. The number of rotatable bonds is 6. The van der Waals surface area contributed by atoms with Crippen LogP contribution in [0.25, 0.3) is 0 Å². The molecule has 10 heteroatoms. The van der Waals surface area contributed by atoms with Crippen molar-refractivity contribution >= 4 is 23.3 Å². The fourth-order valence-electron chi connectivity index (χ4n) is 3.75. The van der Waals surface area contributed by atoms with Crippen molar-refractivity contribution in [1.29, 1.82) is 0 Å². The third-order valence-corrected chi connectivity index (χ3v) is 5.65. The van der Waals surface area contributed by atoms with Gasteiger partial charge in [0.25, 0.3) is 11.8 Å². The Kier molecular flexibility index (Phi) is 6.09. The highest BCUT2D eigenvalue weighted by Gasteiger charge is 2.37. The van der Waals surface area contributed by atoms with E-state index in [4.69, 9.17) is 4.74 Å². The topological polar surface area (TPSA) is 96.3 Å². The van der Waals surface area contributed by atoms with Gasteiger partial charge in [-0.2, -0.15) is 13.2 Å². The third-order valence-electron chi connectivity index (χ3n) is 5.65. The summed E-state index contributed by atoms with van der Waals surface area (Å²) in [4.78, 5) is 42.6. The van der Waals surface area contributed by atoms with Crippen LogP contribution in [0.4, 0.5) is 13.2 Å². The smallest absolute Gasteiger partial charge is 0.416 e. The first-order valence-electron chi connectivity index (χ1n) is 10.3. The van der Waals surface area contributed by atoms with Gasteiger partial charge >= 0.3 is 6.18 Å². The van der Waals surface area contributed by atoms with Crippen LogP contribution in [0.2, 0.25) is 0 Å². The number of hydrogen-bond acceptors (Lipinski definition) is 6. The van der Waals surface area contributed by atoms with Crippen LogP contribution in [-0.4, -0.2) is 46.0 Å². The number of nitrogens with zero attached hydrogens (tertiary/aromatic N) is 2. The number of ether oxygens (including phenoxy) is 1. The first kappa shape index (κ1) is 23.4. The zero-order valence-corrected chi connectivity index (χ0v) is 17.9. The zero-order chi connectivity index (χ0) is 24.6. The van der Waals surface area contributed by atoms with Crippen molar-refractivity contribution in [2.75, 3.05) is 6.54 Å². The van der Waals surface area contributed by atoms with E-state index in [2.05, 4.69) is 4.99 Å². The first-order chi connectivity index (χ1) is 16.1. The predicted molar refractivity (Wildman–Crippen MR) is 114 cm³/mol. The molecular formula is C24H19F3N2O5. The molecule has 34 heavy (non-hydrogen) atoms. The Balaban J connectivity index is 1.46.